The molecule has 2 aromatic carbocycles. The number of fused-ring (bicyclic) bond motifs is 1. The van der Waals surface area contributed by atoms with Crippen LogP contribution in [0, 0.1) is 5.82 Å². The number of thioether (sulfide) groups is 1. The number of rotatable bonds is 5. The van der Waals surface area contributed by atoms with Crippen molar-refractivity contribution in [2.24, 2.45) is 0 Å². The van der Waals surface area contributed by atoms with Crippen LogP contribution in [0.25, 0.3) is 0 Å². The maximum atomic E-state index is 13.2. The van der Waals surface area contributed by atoms with Crippen molar-refractivity contribution in [1.29, 1.82) is 0 Å². The Morgan fingerprint density at radius 1 is 1.18 bits per heavy atom. The van der Waals surface area contributed by atoms with Gasteiger partial charge in [0.05, 0.1) is 12.2 Å². The van der Waals surface area contributed by atoms with Gasteiger partial charge in [-0.1, -0.05) is 12.1 Å². The summed E-state index contributed by atoms with van der Waals surface area (Å²) in [6.45, 7) is 2.42. The normalized spacial score (nSPS) is 18.1. The Morgan fingerprint density at radius 3 is 2.71 bits per heavy atom. The first-order chi connectivity index (χ1) is 16.5. The van der Waals surface area contributed by atoms with Crippen molar-refractivity contribution in [3.63, 3.8) is 0 Å². The third kappa shape index (κ3) is 4.63. The maximum Gasteiger partial charge on any atom is 0.291 e. The number of benzene rings is 2. The molecule has 2 aliphatic heterocycles. The highest BCUT2D eigenvalue weighted by atomic mass is 32.2. The lowest BCUT2D eigenvalue weighted by atomic mass is 10.2. The average molecular weight is 481 g/mol. The topological polar surface area (TPSA) is 83.4 Å². The predicted octanol–water partition coefficient (Wildman–Crippen LogP) is 2.93. The SMILES string of the molecule is CN1C(=O)[C@@H](NC(=O)c2ncn(Cc3ccc(F)cc3)n2)CSc2ccc(N3CCCC3)cc21. The van der Waals surface area contributed by atoms with Crippen LogP contribution in [0.4, 0.5) is 15.8 Å². The molecule has 0 unspecified atom stereocenters. The Hall–Kier alpha value is -3.40. The van der Waals surface area contributed by atoms with E-state index in [0.29, 0.717) is 12.3 Å². The number of nitrogens with one attached hydrogen (secondary N) is 1. The molecule has 0 bridgehead atoms. The van der Waals surface area contributed by atoms with E-state index in [4.69, 9.17) is 0 Å². The summed E-state index contributed by atoms with van der Waals surface area (Å²) in [6, 6.07) is 11.6. The number of halogens is 1. The zero-order chi connectivity index (χ0) is 23.7. The number of nitrogens with zero attached hydrogens (tertiary/aromatic N) is 5. The van der Waals surface area contributed by atoms with Gasteiger partial charge in [0.1, 0.15) is 18.2 Å². The summed E-state index contributed by atoms with van der Waals surface area (Å²) in [7, 11) is 1.75. The first-order valence-electron chi connectivity index (χ1n) is 11.2. The summed E-state index contributed by atoms with van der Waals surface area (Å²) in [4.78, 5) is 35.0. The molecule has 176 valence electrons. The van der Waals surface area contributed by atoms with E-state index in [0.717, 1.165) is 34.9 Å². The summed E-state index contributed by atoms with van der Waals surface area (Å²) in [5, 5.41) is 7.01. The quantitative estimate of drug-likeness (QED) is 0.605. The standard InChI is InChI=1S/C24H25FN6O2S/c1-29-20-12-18(30-10-2-3-11-30)8-9-21(20)34-14-19(24(29)33)27-23(32)22-26-15-31(28-22)13-16-4-6-17(25)7-5-16/h4-9,12,15,19H,2-3,10-11,13-14H2,1H3,(H,27,32)/t19-/m0/s1. The van der Waals surface area contributed by atoms with E-state index < -0.39 is 11.9 Å². The van der Waals surface area contributed by atoms with Crippen molar-refractivity contribution in [2.75, 3.05) is 35.7 Å². The van der Waals surface area contributed by atoms with Crippen LogP contribution in [0.3, 0.4) is 0 Å². The van der Waals surface area contributed by atoms with Crippen molar-refractivity contribution in [2.45, 2.75) is 30.3 Å². The van der Waals surface area contributed by atoms with E-state index in [-0.39, 0.29) is 17.5 Å². The maximum absolute atomic E-state index is 13.2. The summed E-state index contributed by atoms with van der Waals surface area (Å²) < 4.78 is 14.6. The molecule has 0 saturated carbocycles. The Bertz CT molecular complexity index is 1210. The van der Waals surface area contributed by atoms with Crippen molar-refractivity contribution >= 4 is 35.0 Å². The lowest BCUT2D eigenvalue weighted by molar-refractivity contribution is -0.119. The Kier molecular flexibility index (Phi) is 6.23. The molecule has 1 aromatic heterocycles. The highest BCUT2D eigenvalue weighted by molar-refractivity contribution is 7.99. The molecule has 1 fully saturated rings. The minimum absolute atomic E-state index is 0.0133. The minimum Gasteiger partial charge on any atom is -0.371 e. The van der Waals surface area contributed by atoms with Crippen LogP contribution in [0.1, 0.15) is 29.0 Å². The molecule has 1 N–H and O–H groups in total. The number of hydrogen-bond acceptors (Lipinski definition) is 6. The zero-order valence-corrected chi connectivity index (χ0v) is 19.6. The average Bonchev–Trinajstić information content (AvgIpc) is 3.53. The van der Waals surface area contributed by atoms with Gasteiger partial charge in [-0.25, -0.2) is 14.1 Å². The molecule has 0 spiro atoms. The van der Waals surface area contributed by atoms with Gasteiger partial charge in [-0.05, 0) is 48.7 Å². The van der Waals surface area contributed by atoms with E-state index in [2.05, 4.69) is 38.5 Å². The van der Waals surface area contributed by atoms with Crippen LogP contribution >= 0.6 is 11.8 Å². The van der Waals surface area contributed by atoms with Crippen LogP contribution in [0.2, 0.25) is 0 Å². The smallest absolute Gasteiger partial charge is 0.291 e. The van der Waals surface area contributed by atoms with Gasteiger partial charge in [0.2, 0.25) is 11.7 Å². The fraction of sp³-hybridized carbons (Fsp3) is 0.333. The molecule has 3 heterocycles. The van der Waals surface area contributed by atoms with Crippen molar-refractivity contribution in [1.82, 2.24) is 20.1 Å². The number of carbonyl (C=O) groups excluding carboxylic acids is 2. The third-order valence-corrected chi connectivity index (χ3v) is 7.27. The van der Waals surface area contributed by atoms with Crippen LogP contribution in [0.15, 0.2) is 53.7 Å². The van der Waals surface area contributed by atoms with Gasteiger partial charge in [0, 0.05) is 36.5 Å². The predicted molar refractivity (Wildman–Crippen MR) is 129 cm³/mol. The number of amides is 2. The highest BCUT2D eigenvalue weighted by Crippen LogP contribution is 2.37. The molecule has 2 amide bonds. The van der Waals surface area contributed by atoms with Crippen molar-refractivity contribution < 1.29 is 14.0 Å². The first-order valence-corrected chi connectivity index (χ1v) is 12.2. The molecule has 0 radical (unpaired) electrons. The monoisotopic (exact) mass is 480 g/mol. The number of anilines is 2. The molecule has 3 aromatic rings. The van der Waals surface area contributed by atoms with Gasteiger partial charge < -0.3 is 15.1 Å². The van der Waals surface area contributed by atoms with E-state index in [1.807, 2.05) is 0 Å². The summed E-state index contributed by atoms with van der Waals surface area (Å²) >= 11 is 1.55. The van der Waals surface area contributed by atoms with Gasteiger partial charge in [0.15, 0.2) is 0 Å². The Balaban J connectivity index is 1.26. The van der Waals surface area contributed by atoms with Gasteiger partial charge >= 0.3 is 0 Å². The fourth-order valence-corrected chi connectivity index (χ4v) is 5.32. The second-order valence-corrected chi connectivity index (χ2v) is 9.53. The van der Waals surface area contributed by atoms with Crippen molar-refractivity contribution in [3.05, 3.63) is 66.0 Å². The lowest BCUT2D eigenvalue weighted by Gasteiger charge is -2.24. The van der Waals surface area contributed by atoms with Crippen LogP contribution in [-0.4, -0.2) is 58.5 Å². The molecule has 1 atom stereocenters. The minimum atomic E-state index is -0.700. The van der Waals surface area contributed by atoms with Crippen LogP contribution in [0.5, 0.6) is 0 Å². The molecular weight excluding hydrogens is 455 g/mol. The molecule has 5 rings (SSSR count). The zero-order valence-electron chi connectivity index (χ0n) is 18.8. The Labute approximate surface area is 201 Å². The fourth-order valence-electron chi connectivity index (χ4n) is 4.24. The number of hydrogen-bond donors (Lipinski definition) is 1. The number of likely N-dealkylation sites (N-methyl/N-ethyl adjacent to an activating group) is 1. The van der Waals surface area contributed by atoms with Gasteiger partial charge in [-0.15, -0.1) is 16.9 Å². The number of aromatic nitrogens is 3. The molecule has 10 heteroatoms. The molecule has 34 heavy (non-hydrogen) atoms. The van der Waals surface area contributed by atoms with Crippen LogP contribution in [-0.2, 0) is 11.3 Å². The van der Waals surface area contributed by atoms with E-state index in [9.17, 15) is 14.0 Å². The molecule has 2 aliphatic rings. The third-order valence-electron chi connectivity index (χ3n) is 6.11. The van der Waals surface area contributed by atoms with E-state index >= 15 is 0 Å². The second-order valence-electron chi connectivity index (χ2n) is 8.47. The van der Waals surface area contributed by atoms with E-state index in [1.54, 1.807) is 35.8 Å². The molecule has 1 saturated heterocycles. The summed E-state index contributed by atoms with van der Waals surface area (Å²) in [5.41, 5.74) is 2.81. The van der Waals surface area contributed by atoms with Crippen molar-refractivity contribution in [3.8, 4) is 0 Å². The highest BCUT2D eigenvalue weighted by Gasteiger charge is 2.31. The van der Waals surface area contributed by atoms with Crippen LogP contribution < -0.4 is 15.1 Å². The summed E-state index contributed by atoms with van der Waals surface area (Å²) in [5.74, 6) is -0.590. The van der Waals surface area contributed by atoms with Gasteiger partial charge in [-0.2, -0.15) is 0 Å². The molecule has 0 aliphatic carbocycles. The second kappa shape index (κ2) is 9.46. The largest absolute Gasteiger partial charge is 0.371 e. The summed E-state index contributed by atoms with van der Waals surface area (Å²) in [6.07, 6.45) is 3.81. The van der Waals surface area contributed by atoms with E-state index in [1.165, 1.54) is 36.0 Å². The van der Waals surface area contributed by atoms with Gasteiger partial charge in [-0.3, -0.25) is 9.59 Å². The lowest BCUT2D eigenvalue weighted by Crippen LogP contribution is -2.48. The first kappa shape index (κ1) is 22.4. The number of carbonyl (C=O) groups is 2. The Morgan fingerprint density at radius 2 is 1.94 bits per heavy atom. The van der Waals surface area contributed by atoms with Gasteiger partial charge in [0.25, 0.3) is 5.91 Å². The molecule has 8 nitrogen and oxygen atoms in total. The molecular formula is C24H25FN6O2S.